The van der Waals surface area contributed by atoms with Gasteiger partial charge >= 0.3 is 0 Å². The van der Waals surface area contributed by atoms with E-state index >= 15 is 0 Å². The smallest absolute Gasteiger partial charge is 0.0622 e. The maximum atomic E-state index is 2.54. The fraction of sp³-hybridized carbons (Fsp3) is 0.0164. The van der Waals surface area contributed by atoms with Crippen molar-refractivity contribution < 1.29 is 0 Å². The van der Waals surface area contributed by atoms with E-state index in [1.807, 2.05) is 0 Å². The van der Waals surface area contributed by atoms with E-state index in [-0.39, 0.29) is 0 Å². The maximum Gasteiger partial charge on any atom is 0.0713 e. The van der Waals surface area contributed by atoms with E-state index in [0.717, 1.165) is 0 Å². The molecule has 1 aliphatic carbocycles. The summed E-state index contributed by atoms with van der Waals surface area (Å²) in [4.78, 5) is 0. The molecule has 0 radical (unpaired) electrons. The van der Waals surface area contributed by atoms with Gasteiger partial charge in [-0.2, -0.15) is 0 Å². The van der Waals surface area contributed by atoms with E-state index < -0.39 is 5.41 Å². The Labute approximate surface area is 353 Å². The van der Waals surface area contributed by atoms with Gasteiger partial charge in [-0.25, -0.2) is 0 Å². The summed E-state index contributed by atoms with van der Waals surface area (Å²) in [5.74, 6) is 0. The van der Waals surface area contributed by atoms with Gasteiger partial charge in [-0.05, 0) is 137 Å². The van der Waals surface area contributed by atoms with Crippen LogP contribution < -0.4 is 0 Å². The molecular formula is C61H36. The Hall–Kier alpha value is -7.80. The van der Waals surface area contributed by atoms with E-state index in [0.29, 0.717) is 0 Å². The zero-order valence-electron chi connectivity index (χ0n) is 33.3. The van der Waals surface area contributed by atoms with Gasteiger partial charge in [-0.1, -0.05) is 212 Å². The Morgan fingerprint density at radius 3 is 1.43 bits per heavy atom. The molecule has 0 spiro atoms. The largest absolute Gasteiger partial charge is 0.0713 e. The quantitative estimate of drug-likeness (QED) is 0.156. The van der Waals surface area contributed by atoms with Crippen molar-refractivity contribution in [1.29, 1.82) is 0 Å². The molecule has 61 heavy (non-hydrogen) atoms. The van der Waals surface area contributed by atoms with Crippen LogP contribution in [0.15, 0.2) is 218 Å². The van der Waals surface area contributed by atoms with Crippen molar-refractivity contribution in [2.75, 3.05) is 0 Å². The summed E-state index contributed by atoms with van der Waals surface area (Å²) in [7, 11) is 0. The van der Waals surface area contributed by atoms with Crippen molar-refractivity contribution in [2.45, 2.75) is 5.41 Å². The topological polar surface area (TPSA) is 0 Å². The molecule has 0 unspecified atom stereocenters. The highest BCUT2D eigenvalue weighted by Crippen LogP contribution is 2.60. The number of hydrogen-bond donors (Lipinski definition) is 0. The second-order valence-corrected chi connectivity index (χ2v) is 17.0. The highest BCUT2D eigenvalue weighted by molar-refractivity contribution is 6.45. The SMILES string of the molecule is c1ccc(-c2c3cc4c5ccccc5c5cccc(c3c(-c3ccccc3)c3c6ccc7c8c(ccc(c23)c86)C(c2ccccc2)(c2ccccc2)c2ccccc2-7)c54)cc1. The average molecular weight is 769 g/mol. The van der Waals surface area contributed by atoms with Gasteiger partial charge < -0.3 is 0 Å². The summed E-state index contributed by atoms with van der Waals surface area (Å²) in [5, 5.41) is 18.5. The van der Waals surface area contributed by atoms with Crippen LogP contribution in [0.1, 0.15) is 22.3 Å². The summed E-state index contributed by atoms with van der Waals surface area (Å²) in [5.41, 5.74) is 12.4. The molecule has 0 amide bonds. The number of fused-ring (bicyclic) bond motifs is 10. The van der Waals surface area contributed by atoms with Crippen LogP contribution >= 0.6 is 0 Å². The maximum absolute atomic E-state index is 2.54. The van der Waals surface area contributed by atoms with Gasteiger partial charge in [0, 0.05) is 0 Å². The summed E-state index contributed by atoms with van der Waals surface area (Å²) < 4.78 is 0. The third-order valence-electron chi connectivity index (χ3n) is 14.2. The van der Waals surface area contributed by atoms with Crippen LogP contribution in [0.5, 0.6) is 0 Å². The molecule has 0 bridgehead atoms. The zero-order valence-corrected chi connectivity index (χ0v) is 33.3. The van der Waals surface area contributed by atoms with E-state index in [9.17, 15) is 0 Å². The molecule has 14 rings (SSSR count). The third kappa shape index (κ3) is 4.14. The predicted octanol–water partition coefficient (Wildman–Crippen LogP) is 16.3. The van der Waals surface area contributed by atoms with Crippen molar-refractivity contribution in [3.8, 4) is 33.4 Å². The summed E-state index contributed by atoms with van der Waals surface area (Å²) in [6.45, 7) is 0. The molecule has 0 heterocycles. The fourth-order valence-electron chi connectivity index (χ4n) is 12.0. The van der Waals surface area contributed by atoms with E-state index in [1.165, 1.54) is 131 Å². The number of rotatable bonds is 4. The second-order valence-electron chi connectivity index (χ2n) is 17.0. The van der Waals surface area contributed by atoms with Crippen LogP contribution in [-0.4, -0.2) is 0 Å². The van der Waals surface area contributed by atoms with Gasteiger partial charge in [0.05, 0.1) is 5.41 Å². The lowest BCUT2D eigenvalue weighted by Crippen LogP contribution is -2.33. The van der Waals surface area contributed by atoms with Gasteiger partial charge in [-0.15, -0.1) is 0 Å². The van der Waals surface area contributed by atoms with Crippen molar-refractivity contribution >= 4 is 75.4 Å². The normalized spacial score (nSPS) is 13.4. The number of benzene rings is 11. The molecule has 0 heteroatoms. The highest BCUT2D eigenvalue weighted by Gasteiger charge is 2.45. The Morgan fingerprint density at radius 2 is 0.738 bits per heavy atom. The van der Waals surface area contributed by atoms with Crippen LogP contribution in [0.2, 0.25) is 0 Å². The molecule has 13 aromatic carbocycles. The second kappa shape index (κ2) is 12.1. The Balaban J connectivity index is 1.27. The molecule has 1 aliphatic rings. The first-order valence-corrected chi connectivity index (χ1v) is 21.4. The lowest BCUT2D eigenvalue weighted by atomic mass is 9.59. The van der Waals surface area contributed by atoms with Crippen molar-refractivity contribution in [3.05, 3.63) is 241 Å². The minimum atomic E-state index is -0.529. The number of hydrogen-bond acceptors (Lipinski definition) is 0. The summed E-state index contributed by atoms with van der Waals surface area (Å²) >= 11 is 0. The monoisotopic (exact) mass is 768 g/mol. The predicted molar refractivity (Wildman–Crippen MR) is 260 cm³/mol. The van der Waals surface area contributed by atoms with Crippen LogP contribution in [0.3, 0.4) is 0 Å². The van der Waals surface area contributed by atoms with Crippen LogP contribution in [0, 0.1) is 0 Å². The molecule has 0 saturated carbocycles. The highest BCUT2D eigenvalue weighted by atomic mass is 14.5. The van der Waals surface area contributed by atoms with Crippen LogP contribution in [0.4, 0.5) is 0 Å². The summed E-state index contributed by atoms with van der Waals surface area (Å²) in [6, 6.07) is 82.3. The average Bonchev–Trinajstić information content (AvgIpc) is 3.84. The molecular weight excluding hydrogens is 733 g/mol. The Bertz CT molecular complexity index is 3840. The summed E-state index contributed by atoms with van der Waals surface area (Å²) in [6.07, 6.45) is 0. The molecule has 0 aliphatic heterocycles. The van der Waals surface area contributed by atoms with Gasteiger partial charge in [-0.3, -0.25) is 0 Å². The van der Waals surface area contributed by atoms with E-state index in [1.54, 1.807) is 0 Å². The van der Waals surface area contributed by atoms with Crippen LogP contribution in [-0.2, 0) is 5.41 Å². The standard InChI is InChI=1S/C61H36/c1-5-18-37(19-6-1)53-50-36-49-42-27-14-13-26-41(42)44-29-17-30-46(55(44)49)57(50)54(38-20-7-2-8-21-38)60-47-33-32-45-43-28-15-16-31-51(43)61(39-22-9-3-10-23-39,40-24-11-4-12-25-40)52-35-34-48(59(53)60)56(47)58(45)52/h1-36H. The lowest BCUT2D eigenvalue weighted by molar-refractivity contribution is 0.750. The molecule has 0 saturated heterocycles. The van der Waals surface area contributed by atoms with Crippen molar-refractivity contribution in [3.63, 3.8) is 0 Å². The first-order chi connectivity index (χ1) is 30.3. The zero-order chi connectivity index (χ0) is 39.8. The Kier molecular flexibility index (Phi) is 6.58. The van der Waals surface area contributed by atoms with Gasteiger partial charge in [0.1, 0.15) is 0 Å². The molecule has 0 atom stereocenters. The van der Waals surface area contributed by atoms with Gasteiger partial charge in [0.2, 0.25) is 0 Å². The van der Waals surface area contributed by atoms with E-state index in [4.69, 9.17) is 0 Å². The van der Waals surface area contributed by atoms with Crippen LogP contribution in [0.25, 0.3) is 109 Å². The third-order valence-corrected chi connectivity index (χ3v) is 14.2. The Morgan fingerprint density at radius 1 is 0.230 bits per heavy atom. The minimum absolute atomic E-state index is 0.529. The van der Waals surface area contributed by atoms with Gasteiger partial charge in [0.15, 0.2) is 0 Å². The van der Waals surface area contributed by atoms with Crippen molar-refractivity contribution in [1.82, 2.24) is 0 Å². The lowest BCUT2D eigenvalue weighted by Gasteiger charge is -2.42. The molecule has 280 valence electrons. The molecule has 0 N–H and O–H groups in total. The fourth-order valence-corrected chi connectivity index (χ4v) is 12.0. The first-order valence-electron chi connectivity index (χ1n) is 21.4. The van der Waals surface area contributed by atoms with Crippen molar-refractivity contribution in [2.24, 2.45) is 0 Å². The van der Waals surface area contributed by atoms with E-state index in [2.05, 4.69) is 218 Å². The molecule has 0 nitrogen and oxygen atoms in total. The minimum Gasteiger partial charge on any atom is -0.0622 e. The molecule has 0 aromatic heterocycles. The molecule has 0 fully saturated rings. The van der Waals surface area contributed by atoms with Gasteiger partial charge in [0.25, 0.3) is 0 Å². The first kappa shape index (κ1) is 33.1. The molecule has 13 aromatic rings.